The van der Waals surface area contributed by atoms with Gasteiger partial charge in [-0.3, -0.25) is 0 Å². The lowest BCUT2D eigenvalue weighted by Crippen LogP contribution is -2.53. The Labute approximate surface area is 113 Å². The van der Waals surface area contributed by atoms with E-state index in [-0.39, 0.29) is 12.1 Å². The van der Waals surface area contributed by atoms with Crippen LogP contribution in [0.3, 0.4) is 0 Å². The lowest BCUT2D eigenvalue weighted by Gasteiger charge is -2.42. The molecule has 2 atom stereocenters. The molecule has 0 spiro atoms. The highest BCUT2D eigenvalue weighted by Gasteiger charge is 2.34. The quantitative estimate of drug-likeness (QED) is 0.735. The summed E-state index contributed by atoms with van der Waals surface area (Å²) in [5.41, 5.74) is 5.93. The monoisotopic (exact) mass is 256 g/mol. The van der Waals surface area contributed by atoms with Gasteiger partial charge in [-0.1, -0.05) is 33.6 Å². The van der Waals surface area contributed by atoms with Gasteiger partial charge in [0.15, 0.2) is 0 Å². The number of nitrogens with zero attached hydrogens (tertiary/aromatic N) is 1. The van der Waals surface area contributed by atoms with E-state index in [2.05, 4.69) is 25.7 Å². The van der Waals surface area contributed by atoms with Crippen LogP contribution in [0, 0.1) is 5.92 Å². The topological polar surface area (TPSA) is 49.5 Å². The minimum absolute atomic E-state index is 0.131. The average Bonchev–Trinajstić information content (AvgIpc) is 2.40. The highest BCUT2D eigenvalue weighted by atomic mass is 16.3. The Balaban J connectivity index is 2.58. The molecule has 0 aromatic rings. The maximum atomic E-state index is 9.45. The minimum atomic E-state index is -0.329. The van der Waals surface area contributed by atoms with E-state index in [1.165, 1.54) is 25.8 Å². The highest BCUT2D eigenvalue weighted by Crippen LogP contribution is 2.30. The molecule has 1 saturated carbocycles. The Morgan fingerprint density at radius 1 is 1.33 bits per heavy atom. The van der Waals surface area contributed by atoms with Crippen molar-refractivity contribution < 1.29 is 5.11 Å². The summed E-state index contributed by atoms with van der Waals surface area (Å²) in [5.74, 6) is 0.799. The van der Waals surface area contributed by atoms with Crippen molar-refractivity contribution in [2.45, 2.75) is 70.9 Å². The third-order valence-corrected chi connectivity index (χ3v) is 4.74. The zero-order valence-corrected chi connectivity index (χ0v) is 12.5. The van der Waals surface area contributed by atoms with Crippen LogP contribution < -0.4 is 5.73 Å². The summed E-state index contributed by atoms with van der Waals surface area (Å²) in [4.78, 5) is 2.59. The molecule has 1 aliphatic rings. The maximum Gasteiger partial charge on any atom is 0.0611 e. The molecule has 3 nitrogen and oxygen atoms in total. The number of aliphatic hydroxyl groups excluding tert-OH is 1. The molecule has 0 aliphatic heterocycles. The van der Waals surface area contributed by atoms with Crippen LogP contribution in [0.1, 0.15) is 59.3 Å². The molecular weight excluding hydrogens is 224 g/mol. The zero-order chi connectivity index (χ0) is 13.6. The van der Waals surface area contributed by atoms with Crippen LogP contribution in [-0.2, 0) is 0 Å². The van der Waals surface area contributed by atoms with E-state index < -0.39 is 0 Å². The van der Waals surface area contributed by atoms with Gasteiger partial charge in [-0.2, -0.15) is 0 Å². The van der Waals surface area contributed by atoms with Crippen molar-refractivity contribution in [3.63, 3.8) is 0 Å². The van der Waals surface area contributed by atoms with E-state index in [0.29, 0.717) is 6.04 Å². The first kappa shape index (κ1) is 15.9. The molecule has 0 saturated heterocycles. The molecule has 0 radical (unpaired) electrons. The standard InChI is InChI=1S/C15H32N2O/c1-4-13(5-2)11-17(6-3)14-8-7-9-15(16,10-14)12-18/h13-14,18H,4-12,16H2,1-3H3. The Hall–Kier alpha value is -0.120. The van der Waals surface area contributed by atoms with E-state index in [0.717, 1.165) is 31.7 Å². The fraction of sp³-hybridized carbons (Fsp3) is 1.00. The molecule has 1 rings (SSSR count). The first-order chi connectivity index (χ1) is 8.58. The van der Waals surface area contributed by atoms with Gasteiger partial charge in [0.05, 0.1) is 6.61 Å². The van der Waals surface area contributed by atoms with Crippen LogP contribution >= 0.6 is 0 Å². The predicted octanol–water partition coefficient (Wildman–Crippen LogP) is 2.38. The van der Waals surface area contributed by atoms with Gasteiger partial charge in [0.1, 0.15) is 0 Å². The van der Waals surface area contributed by atoms with Crippen molar-refractivity contribution in [3.8, 4) is 0 Å². The molecule has 108 valence electrons. The number of hydrogen-bond acceptors (Lipinski definition) is 3. The van der Waals surface area contributed by atoms with Crippen LogP contribution in [0.15, 0.2) is 0 Å². The maximum absolute atomic E-state index is 9.45. The fourth-order valence-corrected chi connectivity index (χ4v) is 3.23. The summed E-state index contributed by atoms with van der Waals surface area (Å²) >= 11 is 0. The second kappa shape index (κ2) is 7.46. The molecule has 0 amide bonds. The van der Waals surface area contributed by atoms with Crippen molar-refractivity contribution in [1.29, 1.82) is 0 Å². The molecule has 0 bridgehead atoms. The van der Waals surface area contributed by atoms with Gasteiger partial charge in [0.2, 0.25) is 0 Å². The van der Waals surface area contributed by atoms with Crippen molar-refractivity contribution in [2.24, 2.45) is 11.7 Å². The minimum Gasteiger partial charge on any atom is -0.394 e. The molecule has 18 heavy (non-hydrogen) atoms. The number of aliphatic hydroxyl groups is 1. The largest absolute Gasteiger partial charge is 0.394 e. The van der Waals surface area contributed by atoms with Crippen molar-refractivity contribution >= 4 is 0 Å². The van der Waals surface area contributed by atoms with Crippen molar-refractivity contribution in [2.75, 3.05) is 19.7 Å². The smallest absolute Gasteiger partial charge is 0.0611 e. The molecule has 0 aromatic carbocycles. The average molecular weight is 256 g/mol. The van der Waals surface area contributed by atoms with Crippen LogP contribution in [0.4, 0.5) is 0 Å². The van der Waals surface area contributed by atoms with Crippen LogP contribution in [-0.4, -0.2) is 41.3 Å². The Bertz CT molecular complexity index is 231. The Morgan fingerprint density at radius 3 is 2.50 bits per heavy atom. The van der Waals surface area contributed by atoms with Crippen molar-refractivity contribution in [1.82, 2.24) is 4.90 Å². The third-order valence-electron chi connectivity index (χ3n) is 4.74. The van der Waals surface area contributed by atoms with Gasteiger partial charge < -0.3 is 15.7 Å². The van der Waals surface area contributed by atoms with Crippen LogP contribution in [0.25, 0.3) is 0 Å². The van der Waals surface area contributed by atoms with E-state index in [4.69, 9.17) is 5.73 Å². The molecular formula is C15H32N2O. The van der Waals surface area contributed by atoms with Gasteiger partial charge in [-0.05, 0) is 38.1 Å². The van der Waals surface area contributed by atoms with Gasteiger partial charge in [-0.25, -0.2) is 0 Å². The normalized spacial score (nSPS) is 29.2. The first-order valence-electron chi connectivity index (χ1n) is 7.72. The van der Waals surface area contributed by atoms with Gasteiger partial charge >= 0.3 is 0 Å². The third kappa shape index (κ3) is 4.22. The number of rotatable bonds is 7. The summed E-state index contributed by atoms with van der Waals surface area (Å²) in [5, 5.41) is 9.45. The second-order valence-electron chi connectivity index (χ2n) is 6.04. The molecule has 0 aromatic heterocycles. The first-order valence-corrected chi connectivity index (χ1v) is 7.72. The SMILES string of the molecule is CCC(CC)CN(CC)C1CCCC(N)(CO)C1. The highest BCUT2D eigenvalue weighted by molar-refractivity contribution is 4.94. The van der Waals surface area contributed by atoms with Crippen molar-refractivity contribution in [3.05, 3.63) is 0 Å². The second-order valence-corrected chi connectivity index (χ2v) is 6.04. The number of nitrogens with two attached hydrogens (primary N) is 1. The van der Waals surface area contributed by atoms with Gasteiger partial charge in [0, 0.05) is 18.1 Å². The van der Waals surface area contributed by atoms with E-state index in [1.54, 1.807) is 0 Å². The van der Waals surface area contributed by atoms with Crippen LogP contribution in [0.2, 0.25) is 0 Å². The van der Waals surface area contributed by atoms with E-state index in [9.17, 15) is 5.11 Å². The molecule has 3 N–H and O–H groups in total. The zero-order valence-electron chi connectivity index (χ0n) is 12.5. The summed E-state index contributed by atoms with van der Waals surface area (Å²) < 4.78 is 0. The summed E-state index contributed by atoms with van der Waals surface area (Å²) in [7, 11) is 0. The summed E-state index contributed by atoms with van der Waals surface area (Å²) in [6.07, 6.45) is 6.84. The lowest BCUT2D eigenvalue weighted by molar-refractivity contribution is 0.0736. The molecule has 2 unspecified atom stereocenters. The predicted molar refractivity (Wildman–Crippen MR) is 77.6 cm³/mol. The van der Waals surface area contributed by atoms with Crippen LogP contribution in [0.5, 0.6) is 0 Å². The Morgan fingerprint density at radius 2 is 2.00 bits per heavy atom. The van der Waals surface area contributed by atoms with Gasteiger partial charge in [0.25, 0.3) is 0 Å². The summed E-state index contributed by atoms with van der Waals surface area (Å²) in [6.45, 7) is 9.23. The summed E-state index contributed by atoms with van der Waals surface area (Å²) in [6, 6.07) is 0.571. The van der Waals surface area contributed by atoms with Gasteiger partial charge in [-0.15, -0.1) is 0 Å². The fourth-order valence-electron chi connectivity index (χ4n) is 3.23. The molecule has 1 aliphatic carbocycles. The van der Waals surface area contributed by atoms with E-state index in [1.807, 2.05) is 0 Å². The molecule has 0 heterocycles. The Kier molecular flexibility index (Phi) is 6.61. The molecule has 1 fully saturated rings. The number of hydrogen-bond donors (Lipinski definition) is 2. The molecule has 3 heteroatoms. The lowest BCUT2D eigenvalue weighted by atomic mass is 9.79. The van der Waals surface area contributed by atoms with E-state index >= 15 is 0 Å².